The molecule has 50 heavy (non-hydrogen) atoms. The molecule has 1 aliphatic rings. The van der Waals surface area contributed by atoms with Gasteiger partial charge in [-0.15, -0.1) is 0 Å². The number of aliphatic hydroxyl groups is 5. The number of hydrogen-bond donors (Lipinski definition) is 6. The summed E-state index contributed by atoms with van der Waals surface area (Å²) in [6.07, 6.45) is 10.8. The highest BCUT2D eigenvalue weighted by atomic mass is 31.2. The molecule has 0 bridgehead atoms. The van der Waals surface area contributed by atoms with E-state index >= 15 is 0 Å². The fraction of sp³-hybridized carbons (Fsp3) is 0.944. The van der Waals surface area contributed by atoms with Crippen molar-refractivity contribution in [3.63, 3.8) is 0 Å². The number of rotatable bonds is 31. The van der Waals surface area contributed by atoms with E-state index in [0.717, 1.165) is 51.4 Å². The molecule has 0 radical (unpaired) electrons. The van der Waals surface area contributed by atoms with E-state index < -0.39 is 75.7 Å². The third kappa shape index (κ3) is 21.4. The van der Waals surface area contributed by atoms with Crippen molar-refractivity contribution < 1.29 is 63.1 Å². The second-order valence-corrected chi connectivity index (χ2v) is 15.2. The van der Waals surface area contributed by atoms with Crippen LogP contribution in [0.2, 0.25) is 0 Å². The Kier molecular flexibility index (Phi) is 26.6. The molecule has 0 amide bonds. The van der Waals surface area contributed by atoms with E-state index in [9.17, 15) is 44.6 Å². The predicted octanol–water partition coefficient (Wildman–Crippen LogP) is 5.77. The molecule has 0 aromatic carbocycles. The molecular weight excluding hydrogens is 671 g/mol. The summed E-state index contributed by atoms with van der Waals surface area (Å²) in [6, 6.07) is 0. The molecule has 0 aromatic heterocycles. The minimum Gasteiger partial charge on any atom is -0.462 e. The average molecular weight is 741 g/mol. The maximum Gasteiger partial charge on any atom is 0.472 e. The quantitative estimate of drug-likeness (QED) is 0.0284. The molecule has 0 aromatic rings. The fourth-order valence-corrected chi connectivity index (χ4v) is 6.96. The van der Waals surface area contributed by atoms with Gasteiger partial charge >= 0.3 is 19.8 Å². The molecule has 6 unspecified atom stereocenters. The molecular formula is C36H69O13P. The van der Waals surface area contributed by atoms with Crippen molar-refractivity contribution in [2.24, 2.45) is 0 Å². The number of carbonyl (C=O) groups is 2. The smallest absolute Gasteiger partial charge is 0.462 e. The maximum absolute atomic E-state index is 12.7. The standard InChI is InChI=1S/C36H69O13P/c1-3-5-7-9-11-12-13-14-15-16-17-18-19-21-23-25-30(38)48-28(26-46-29(37)24-22-20-10-8-6-4-2)27-47-50(44,45)49-36-34(42)32(40)31(39)33(41)35(36)43/h28,31-36,39-43H,3-27H2,1-2H3,(H,44,45). The maximum atomic E-state index is 12.7. The van der Waals surface area contributed by atoms with Crippen LogP contribution in [0.5, 0.6) is 0 Å². The van der Waals surface area contributed by atoms with E-state index in [2.05, 4.69) is 13.8 Å². The van der Waals surface area contributed by atoms with Gasteiger partial charge in [-0.3, -0.25) is 18.6 Å². The van der Waals surface area contributed by atoms with Crippen LogP contribution in [-0.2, 0) is 32.7 Å². The first kappa shape index (κ1) is 46.9. The lowest BCUT2D eigenvalue weighted by Crippen LogP contribution is -2.64. The first-order valence-corrected chi connectivity index (χ1v) is 20.8. The summed E-state index contributed by atoms with van der Waals surface area (Å²) in [6.45, 7) is 3.20. The van der Waals surface area contributed by atoms with Crippen molar-refractivity contribution in [3.8, 4) is 0 Å². The summed E-state index contributed by atoms with van der Waals surface area (Å²) >= 11 is 0. The van der Waals surface area contributed by atoms with Crippen molar-refractivity contribution in [1.29, 1.82) is 0 Å². The van der Waals surface area contributed by atoms with Crippen LogP contribution < -0.4 is 0 Å². The Morgan fingerprint density at radius 1 is 0.540 bits per heavy atom. The Bertz CT molecular complexity index is 906. The van der Waals surface area contributed by atoms with E-state index in [0.29, 0.717) is 12.8 Å². The van der Waals surface area contributed by atoms with Gasteiger partial charge in [0.25, 0.3) is 0 Å². The molecule has 13 nitrogen and oxygen atoms in total. The van der Waals surface area contributed by atoms with Gasteiger partial charge in [0, 0.05) is 12.8 Å². The van der Waals surface area contributed by atoms with E-state index in [4.69, 9.17) is 18.5 Å². The van der Waals surface area contributed by atoms with Crippen molar-refractivity contribution in [3.05, 3.63) is 0 Å². The lowest BCUT2D eigenvalue weighted by Gasteiger charge is -2.41. The molecule has 1 aliphatic carbocycles. The summed E-state index contributed by atoms with van der Waals surface area (Å²) in [7, 11) is -5.09. The van der Waals surface area contributed by atoms with E-state index in [-0.39, 0.29) is 12.8 Å². The van der Waals surface area contributed by atoms with Crippen LogP contribution in [0, 0.1) is 0 Å². The molecule has 6 atom stereocenters. The monoisotopic (exact) mass is 740 g/mol. The van der Waals surface area contributed by atoms with E-state index in [1.165, 1.54) is 70.6 Å². The third-order valence-corrected chi connectivity index (χ3v) is 10.2. The summed E-state index contributed by atoms with van der Waals surface area (Å²) < 4.78 is 33.2. The summed E-state index contributed by atoms with van der Waals surface area (Å²) in [4.78, 5) is 35.2. The molecule has 0 aliphatic heterocycles. The number of hydrogen-bond acceptors (Lipinski definition) is 12. The Hall–Kier alpha value is -1.15. The molecule has 296 valence electrons. The zero-order valence-corrected chi connectivity index (χ0v) is 31.6. The first-order chi connectivity index (χ1) is 23.9. The number of phosphoric acid groups is 1. The Labute approximate surface area is 300 Å². The van der Waals surface area contributed by atoms with Crippen molar-refractivity contribution in [2.75, 3.05) is 13.2 Å². The lowest BCUT2D eigenvalue weighted by molar-refractivity contribution is -0.220. The molecule has 1 rings (SSSR count). The van der Waals surface area contributed by atoms with Crippen LogP contribution >= 0.6 is 7.82 Å². The lowest BCUT2D eigenvalue weighted by atomic mass is 9.85. The number of ether oxygens (including phenoxy) is 2. The topological polar surface area (TPSA) is 210 Å². The Balaban J connectivity index is 2.48. The average Bonchev–Trinajstić information content (AvgIpc) is 3.09. The van der Waals surface area contributed by atoms with Gasteiger partial charge in [-0.25, -0.2) is 4.57 Å². The highest BCUT2D eigenvalue weighted by Gasteiger charge is 2.51. The van der Waals surface area contributed by atoms with Crippen LogP contribution in [0.15, 0.2) is 0 Å². The van der Waals surface area contributed by atoms with Crippen LogP contribution in [0.25, 0.3) is 0 Å². The molecule has 0 saturated heterocycles. The van der Waals surface area contributed by atoms with Gasteiger partial charge in [-0.2, -0.15) is 0 Å². The zero-order valence-electron chi connectivity index (χ0n) is 30.7. The van der Waals surface area contributed by atoms with Gasteiger partial charge in [-0.05, 0) is 12.8 Å². The highest BCUT2D eigenvalue weighted by Crippen LogP contribution is 2.47. The van der Waals surface area contributed by atoms with E-state index in [1.807, 2.05) is 0 Å². The van der Waals surface area contributed by atoms with Gasteiger partial charge in [-0.1, -0.05) is 136 Å². The number of aliphatic hydroxyl groups excluding tert-OH is 5. The number of esters is 2. The SMILES string of the molecule is CCCCCCCCCCCCCCCCCC(=O)OC(COC(=O)CCCCCCCC)COP(=O)(O)OC1C(O)C(O)C(O)C(O)C1O. The van der Waals surface area contributed by atoms with Gasteiger partial charge in [0.2, 0.25) is 0 Å². The fourth-order valence-electron chi connectivity index (χ4n) is 5.99. The third-order valence-electron chi connectivity index (χ3n) is 9.20. The molecule has 1 saturated carbocycles. The van der Waals surface area contributed by atoms with Crippen molar-refractivity contribution in [1.82, 2.24) is 0 Å². The molecule has 0 heterocycles. The normalized spacial score (nSPS) is 24.1. The summed E-state index contributed by atoms with van der Waals surface area (Å²) in [5.41, 5.74) is 0. The number of phosphoric ester groups is 1. The number of unbranched alkanes of at least 4 members (excludes halogenated alkanes) is 19. The van der Waals surface area contributed by atoms with Crippen LogP contribution in [0.1, 0.15) is 162 Å². The number of carbonyl (C=O) groups excluding carboxylic acids is 2. The summed E-state index contributed by atoms with van der Waals surface area (Å²) in [5, 5.41) is 49.8. The summed E-state index contributed by atoms with van der Waals surface area (Å²) in [5.74, 6) is -1.10. The Morgan fingerprint density at radius 2 is 0.900 bits per heavy atom. The molecule has 0 spiro atoms. The van der Waals surface area contributed by atoms with Gasteiger partial charge < -0.3 is 39.9 Å². The highest BCUT2D eigenvalue weighted by molar-refractivity contribution is 7.47. The molecule has 6 N–H and O–H groups in total. The predicted molar refractivity (Wildman–Crippen MR) is 189 cm³/mol. The largest absolute Gasteiger partial charge is 0.472 e. The van der Waals surface area contributed by atoms with Gasteiger partial charge in [0.15, 0.2) is 6.10 Å². The first-order valence-electron chi connectivity index (χ1n) is 19.3. The Morgan fingerprint density at radius 3 is 1.32 bits per heavy atom. The molecule has 14 heteroatoms. The van der Waals surface area contributed by atoms with Gasteiger partial charge in [0.05, 0.1) is 6.61 Å². The van der Waals surface area contributed by atoms with E-state index in [1.54, 1.807) is 0 Å². The van der Waals surface area contributed by atoms with Crippen molar-refractivity contribution in [2.45, 2.75) is 204 Å². The van der Waals surface area contributed by atoms with Crippen LogP contribution in [0.3, 0.4) is 0 Å². The minimum atomic E-state index is -5.09. The minimum absolute atomic E-state index is 0.103. The second-order valence-electron chi connectivity index (χ2n) is 13.8. The van der Waals surface area contributed by atoms with Crippen LogP contribution in [-0.4, -0.2) is 98.3 Å². The zero-order chi connectivity index (χ0) is 37.2. The molecule has 1 fully saturated rings. The second kappa shape index (κ2) is 28.4. The van der Waals surface area contributed by atoms with Crippen molar-refractivity contribution >= 4 is 19.8 Å². The van der Waals surface area contributed by atoms with Gasteiger partial charge in [0.1, 0.15) is 43.2 Å². The van der Waals surface area contributed by atoms with Crippen LogP contribution in [0.4, 0.5) is 0 Å².